The van der Waals surface area contributed by atoms with Gasteiger partial charge < -0.3 is 20.2 Å². The number of aliphatic hydroxyl groups is 1. The number of urea groups is 1. The molecule has 7 nitrogen and oxygen atoms in total. The minimum atomic E-state index is -1.20. The second-order valence-electron chi connectivity index (χ2n) is 6.94. The molecular formula is C18H28N4O3. The van der Waals surface area contributed by atoms with Gasteiger partial charge in [0.2, 0.25) is 0 Å². The summed E-state index contributed by atoms with van der Waals surface area (Å²) in [4.78, 5) is 12.1. The summed E-state index contributed by atoms with van der Waals surface area (Å²) in [6, 6.07) is 3.37. The third-order valence-corrected chi connectivity index (χ3v) is 4.14. The molecule has 2 atom stereocenters. The highest BCUT2D eigenvalue weighted by molar-refractivity contribution is 5.74. The van der Waals surface area contributed by atoms with Crippen LogP contribution in [-0.2, 0) is 12.1 Å². The molecule has 2 rings (SSSR count). The second kappa shape index (κ2) is 7.31. The summed E-state index contributed by atoms with van der Waals surface area (Å²) in [6.07, 6.45) is 0. The van der Waals surface area contributed by atoms with E-state index in [2.05, 4.69) is 15.7 Å². The van der Waals surface area contributed by atoms with Crippen LogP contribution in [0.1, 0.15) is 42.3 Å². The summed E-state index contributed by atoms with van der Waals surface area (Å²) >= 11 is 0. The number of furan rings is 1. The van der Waals surface area contributed by atoms with Gasteiger partial charge in [-0.1, -0.05) is 0 Å². The first-order chi connectivity index (χ1) is 11.6. The minimum Gasteiger partial charge on any atom is -0.466 e. The molecule has 0 radical (unpaired) electrons. The maximum atomic E-state index is 12.1. The monoisotopic (exact) mass is 348 g/mol. The molecule has 3 N–H and O–H groups in total. The van der Waals surface area contributed by atoms with Gasteiger partial charge in [0.05, 0.1) is 18.8 Å². The highest BCUT2D eigenvalue weighted by Crippen LogP contribution is 2.26. The molecule has 0 aliphatic rings. The van der Waals surface area contributed by atoms with Crippen molar-refractivity contribution in [2.45, 2.75) is 59.7 Å². The first kappa shape index (κ1) is 19.1. The van der Waals surface area contributed by atoms with Gasteiger partial charge in [-0.05, 0) is 53.7 Å². The van der Waals surface area contributed by atoms with E-state index in [9.17, 15) is 9.90 Å². The lowest BCUT2D eigenvalue weighted by molar-refractivity contribution is 0.0577. The SMILES string of the molecule is Cc1cc(C)n(C[C@H](C)NC(=O)NC[C@@](C)(O)c2cc(C)oc2C)n1. The average molecular weight is 348 g/mol. The predicted molar refractivity (Wildman–Crippen MR) is 95.5 cm³/mol. The first-order valence-corrected chi connectivity index (χ1v) is 8.44. The molecule has 7 heteroatoms. The molecule has 0 spiro atoms. The number of amides is 2. The van der Waals surface area contributed by atoms with Crippen LogP contribution in [0.4, 0.5) is 4.79 Å². The Kier molecular flexibility index (Phi) is 5.57. The van der Waals surface area contributed by atoms with Gasteiger partial charge in [-0.3, -0.25) is 4.68 Å². The fraction of sp³-hybridized carbons (Fsp3) is 0.556. The van der Waals surface area contributed by atoms with Crippen LogP contribution in [0.5, 0.6) is 0 Å². The van der Waals surface area contributed by atoms with Gasteiger partial charge in [0.15, 0.2) is 0 Å². The van der Waals surface area contributed by atoms with Crippen molar-refractivity contribution in [2.24, 2.45) is 0 Å². The molecule has 2 heterocycles. The molecule has 0 saturated carbocycles. The van der Waals surface area contributed by atoms with Gasteiger partial charge in [0.1, 0.15) is 17.1 Å². The van der Waals surface area contributed by atoms with Crippen LogP contribution in [0.2, 0.25) is 0 Å². The normalized spacial score (nSPS) is 14.8. The maximum Gasteiger partial charge on any atom is 0.315 e. The number of nitrogens with zero attached hydrogens (tertiary/aromatic N) is 2. The zero-order valence-corrected chi connectivity index (χ0v) is 15.8. The van der Waals surface area contributed by atoms with Crippen molar-refractivity contribution in [1.29, 1.82) is 0 Å². The van der Waals surface area contributed by atoms with E-state index < -0.39 is 5.60 Å². The lowest BCUT2D eigenvalue weighted by Gasteiger charge is -2.24. The van der Waals surface area contributed by atoms with Gasteiger partial charge in [-0.2, -0.15) is 5.10 Å². The van der Waals surface area contributed by atoms with Crippen molar-refractivity contribution < 1.29 is 14.3 Å². The second-order valence-corrected chi connectivity index (χ2v) is 6.94. The number of carbonyl (C=O) groups excluding carboxylic acids is 1. The Labute approximate surface area is 148 Å². The van der Waals surface area contributed by atoms with Crippen LogP contribution in [0.25, 0.3) is 0 Å². The van der Waals surface area contributed by atoms with Gasteiger partial charge in [0, 0.05) is 17.3 Å². The molecule has 0 unspecified atom stereocenters. The average Bonchev–Trinajstić information content (AvgIpc) is 2.98. The highest BCUT2D eigenvalue weighted by Gasteiger charge is 2.28. The van der Waals surface area contributed by atoms with Crippen LogP contribution in [0, 0.1) is 27.7 Å². The molecule has 0 aliphatic heterocycles. The first-order valence-electron chi connectivity index (χ1n) is 8.44. The molecule has 0 saturated heterocycles. The number of aryl methyl sites for hydroxylation is 4. The zero-order chi connectivity index (χ0) is 18.8. The standard InChI is InChI=1S/C18H28N4O3/c1-11-7-13(3)22(21-11)9-12(2)20-17(23)19-10-18(6,24)16-8-14(4)25-15(16)5/h7-8,12,24H,9-10H2,1-6H3,(H2,19,20,23)/t12-,18+/m0/s1. The van der Waals surface area contributed by atoms with Crippen LogP contribution in [0.15, 0.2) is 16.5 Å². The Morgan fingerprint density at radius 3 is 2.56 bits per heavy atom. The molecule has 2 aromatic rings. The molecule has 0 bridgehead atoms. The van der Waals surface area contributed by atoms with Crippen molar-refractivity contribution in [3.63, 3.8) is 0 Å². The molecule has 25 heavy (non-hydrogen) atoms. The van der Waals surface area contributed by atoms with Crippen molar-refractivity contribution >= 4 is 6.03 Å². The third kappa shape index (κ3) is 4.85. The fourth-order valence-electron chi connectivity index (χ4n) is 2.95. The van der Waals surface area contributed by atoms with E-state index in [4.69, 9.17) is 4.42 Å². The van der Waals surface area contributed by atoms with Crippen LogP contribution < -0.4 is 10.6 Å². The van der Waals surface area contributed by atoms with E-state index in [1.807, 2.05) is 38.4 Å². The van der Waals surface area contributed by atoms with Gasteiger partial charge >= 0.3 is 6.03 Å². The van der Waals surface area contributed by atoms with Crippen LogP contribution in [0.3, 0.4) is 0 Å². The van der Waals surface area contributed by atoms with E-state index in [1.165, 1.54) is 0 Å². The minimum absolute atomic E-state index is 0.0886. The van der Waals surface area contributed by atoms with Crippen LogP contribution >= 0.6 is 0 Å². The molecule has 2 amide bonds. The predicted octanol–water partition coefficient (Wildman–Crippen LogP) is 2.31. The van der Waals surface area contributed by atoms with Gasteiger partial charge in [0.25, 0.3) is 0 Å². The fourth-order valence-corrected chi connectivity index (χ4v) is 2.95. The summed E-state index contributed by atoms with van der Waals surface area (Å²) in [7, 11) is 0. The Balaban J connectivity index is 1.87. The lowest BCUT2D eigenvalue weighted by atomic mass is 9.96. The largest absolute Gasteiger partial charge is 0.466 e. The van der Waals surface area contributed by atoms with E-state index in [1.54, 1.807) is 19.9 Å². The maximum absolute atomic E-state index is 12.1. The van der Waals surface area contributed by atoms with E-state index in [-0.39, 0.29) is 18.6 Å². The Morgan fingerprint density at radius 1 is 1.36 bits per heavy atom. The van der Waals surface area contributed by atoms with Crippen molar-refractivity contribution in [3.8, 4) is 0 Å². The number of rotatable bonds is 6. The lowest BCUT2D eigenvalue weighted by Crippen LogP contribution is -2.47. The van der Waals surface area contributed by atoms with Crippen molar-refractivity contribution in [3.05, 3.63) is 40.6 Å². The third-order valence-electron chi connectivity index (χ3n) is 4.14. The smallest absolute Gasteiger partial charge is 0.315 e. The van der Waals surface area contributed by atoms with E-state index in [0.717, 1.165) is 17.1 Å². The zero-order valence-electron chi connectivity index (χ0n) is 15.8. The molecule has 0 aromatic carbocycles. The molecule has 0 fully saturated rings. The molecule has 0 aliphatic carbocycles. The van der Waals surface area contributed by atoms with Gasteiger partial charge in [-0.15, -0.1) is 0 Å². The topological polar surface area (TPSA) is 92.3 Å². The Hall–Kier alpha value is -2.28. The summed E-state index contributed by atoms with van der Waals surface area (Å²) in [6.45, 7) is 11.8. The number of hydrogen-bond acceptors (Lipinski definition) is 4. The molecule has 138 valence electrons. The summed E-state index contributed by atoms with van der Waals surface area (Å²) in [5.41, 5.74) is 1.50. The Morgan fingerprint density at radius 2 is 2.04 bits per heavy atom. The van der Waals surface area contributed by atoms with Crippen LogP contribution in [-0.4, -0.2) is 33.5 Å². The Bertz CT molecular complexity index is 746. The summed E-state index contributed by atoms with van der Waals surface area (Å²) in [5, 5.41) is 20.6. The quantitative estimate of drug-likeness (QED) is 0.747. The highest BCUT2D eigenvalue weighted by atomic mass is 16.3. The molecule has 2 aromatic heterocycles. The van der Waals surface area contributed by atoms with Gasteiger partial charge in [-0.25, -0.2) is 4.79 Å². The van der Waals surface area contributed by atoms with E-state index >= 15 is 0 Å². The number of hydrogen-bond donors (Lipinski definition) is 3. The number of aromatic nitrogens is 2. The summed E-state index contributed by atoms with van der Waals surface area (Å²) in [5.74, 6) is 1.39. The summed E-state index contributed by atoms with van der Waals surface area (Å²) < 4.78 is 7.32. The van der Waals surface area contributed by atoms with Crippen molar-refractivity contribution in [1.82, 2.24) is 20.4 Å². The molecular weight excluding hydrogens is 320 g/mol. The van der Waals surface area contributed by atoms with Crippen molar-refractivity contribution in [2.75, 3.05) is 6.54 Å². The number of carbonyl (C=O) groups is 1. The van der Waals surface area contributed by atoms with E-state index in [0.29, 0.717) is 17.9 Å². The number of nitrogens with one attached hydrogen (secondary N) is 2.